The Balaban J connectivity index is 2.13. The highest BCUT2D eigenvalue weighted by atomic mass is 16.6. The van der Waals surface area contributed by atoms with Crippen LogP contribution in [0, 0.1) is 10.1 Å². The van der Waals surface area contributed by atoms with Gasteiger partial charge in [-0.05, 0) is 25.1 Å². The van der Waals surface area contributed by atoms with E-state index >= 15 is 0 Å². The Hall–Kier alpha value is -3.15. The first-order valence-electron chi connectivity index (χ1n) is 7.06. The summed E-state index contributed by atoms with van der Waals surface area (Å²) >= 11 is 0. The molecule has 0 aliphatic rings. The third kappa shape index (κ3) is 4.41. The lowest BCUT2D eigenvalue weighted by Gasteiger charge is -2.06. The van der Waals surface area contributed by atoms with E-state index in [1.54, 1.807) is 18.2 Å². The number of rotatable bonds is 6. The van der Waals surface area contributed by atoms with Crippen molar-refractivity contribution in [1.29, 1.82) is 0 Å². The van der Waals surface area contributed by atoms with Crippen LogP contribution in [0.5, 0.6) is 5.75 Å². The molecule has 2 rings (SSSR count). The molecule has 6 heteroatoms. The number of nitrogens with zero attached hydrogens (tertiary/aromatic N) is 1. The number of hydrogen-bond donors (Lipinski definition) is 1. The number of nitro groups is 1. The SMILES string of the molecule is CCOc1ccccc1/C=C/C(=O)Nc1ccccc1[N+](=O)[O-]. The van der Waals surface area contributed by atoms with Gasteiger partial charge < -0.3 is 10.1 Å². The van der Waals surface area contributed by atoms with Gasteiger partial charge in [0.15, 0.2) is 0 Å². The van der Waals surface area contributed by atoms with Crippen LogP contribution in [0.2, 0.25) is 0 Å². The molecule has 0 aliphatic heterocycles. The van der Waals surface area contributed by atoms with E-state index < -0.39 is 10.8 Å². The zero-order valence-electron chi connectivity index (χ0n) is 12.6. The number of nitro benzene ring substituents is 1. The number of ether oxygens (including phenoxy) is 1. The van der Waals surface area contributed by atoms with Crippen LogP contribution >= 0.6 is 0 Å². The van der Waals surface area contributed by atoms with E-state index in [2.05, 4.69) is 5.32 Å². The van der Waals surface area contributed by atoms with Gasteiger partial charge in [-0.3, -0.25) is 14.9 Å². The van der Waals surface area contributed by atoms with Crippen molar-refractivity contribution in [3.05, 3.63) is 70.3 Å². The van der Waals surface area contributed by atoms with Gasteiger partial charge in [-0.1, -0.05) is 30.3 Å². The maximum absolute atomic E-state index is 12.0. The Morgan fingerprint density at radius 1 is 1.22 bits per heavy atom. The van der Waals surface area contributed by atoms with Gasteiger partial charge in [0.25, 0.3) is 5.69 Å². The highest BCUT2D eigenvalue weighted by molar-refractivity contribution is 6.03. The zero-order chi connectivity index (χ0) is 16.7. The molecule has 0 aromatic heterocycles. The number of carbonyl (C=O) groups is 1. The van der Waals surface area contributed by atoms with E-state index in [1.807, 2.05) is 31.2 Å². The monoisotopic (exact) mass is 312 g/mol. The molecule has 0 unspecified atom stereocenters. The van der Waals surface area contributed by atoms with Crippen LogP contribution in [0.4, 0.5) is 11.4 Å². The Labute approximate surface area is 133 Å². The first-order valence-corrected chi connectivity index (χ1v) is 7.06. The minimum atomic E-state index is -0.538. The summed E-state index contributed by atoms with van der Waals surface area (Å²) in [6, 6.07) is 13.3. The highest BCUT2D eigenvalue weighted by Gasteiger charge is 2.13. The second-order valence-electron chi connectivity index (χ2n) is 4.57. The second kappa shape index (κ2) is 7.74. The van der Waals surface area contributed by atoms with Crippen LogP contribution in [0.25, 0.3) is 6.08 Å². The zero-order valence-corrected chi connectivity index (χ0v) is 12.6. The van der Waals surface area contributed by atoms with Gasteiger partial charge in [-0.2, -0.15) is 0 Å². The summed E-state index contributed by atoms with van der Waals surface area (Å²) in [5.41, 5.74) is 0.765. The Morgan fingerprint density at radius 2 is 1.91 bits per heavy atom. The van der Waals surface area contributed by atoms with E-state index in [1.165, 1.54) is 18.2 Å². The molecule has 0 aliphatic carbocycles. The van der Waals surface area contributed by atoms with Crippen LogP contribution in [0.15, 0.2) is 54.6 Å². The molecule has 6 nitrogen and oxygen atoms in total. The summed E-state index contributed by atoms with van der Waals surface area (Å²) < 4.78 is 5.47. The average molecular weight is 312 g/mol. The molecule has 0 heterocycles. The second-order valence-corrected chi connectivity index (χ2v) is 4.57. The van der Waals surface area contributed by atoms with Crippen LogP contribution in [-0.2, 0) is 4.79 Å². The standard InChI is InChI=1S/C17H16N2O4/c1-2-23-16-10-6-3-7-13(16)11-12-17(20)18-14-8-4-5-9-15(14)19(21)22/h3-12H,2H2,1H3,(H,18,20)/b12-11+. The molecule has 23 heavy (non-hydrogen) atoms. The van der Waals surface area contributed by atoms with Crippen molar-refractivity contribution in [1.82, 2.24) is 0 Å². The summed E-state index contributed by atoms with van der Waals surface area (Å²) in [5, 5.41) is 13.4. The maximum Gasteiger partial charge on any atom is 0.292 e. The molecule has 0 spiro atoms. The van der Waals surface area contributed by atoms with Gasteiger partial charge in [0.1, 0.15) is 11.4 Å². The normalized spacial score (nSPS) is 10.5. The molecule has 0 bridgehead atoms. The average Bonchev–Trinajstić information content (AvgIpc) is 2.54. The molecular weight excluding hydrogens is 296 g/mol. The van der Waals surface area contributed by atoms with Crippen LogP contribution in [-0.4, -0.2) is 17.4 Å². The van der Waals surface area contributed by atoms with Crippen molar-refractivity contribution in [3.63, 3.8) is 0 Å². The fourth-order valence-electron chi connectivity index (χ4n) is 1.98. The van der Waals surface area contributed by atoms with Crippen LogP contribution in [0.3, 0.4) is 0 Å². The third-order valence-electron chi connectivity index (χ3n) is 2.99. The van der Waals surface area contributed by atoms with E-state index in [0.29, 0.717) is 12.4 Å². The maximum atomic E-state index is 12.0. The fourth-order valence-corrected chi connectivity index (χ4v) is 1.98. The number of carbonyl (C=O) groups excluding carboxylic acids is 1. The van der Waals surface area contributed by atoms with Crippen LogP contribution < -0.4 is 10.1 Å². The molecule has 2 aromatic carbocycles. The molecule has 1 amide bonds. The lowest BCUT2D eigenvalue weighted by molar-refractivity contribution is -0.383. The highest BCUT2D eigenvalue weighted by Crippen LogP contribution is 2.23. The molecular formula is C17H16N2O4. The summed E-state index contributed by atoms with van der Waals surface area (Å²) in [6.45, 7) is 2.40. The first-order chi connectivity index (χ1) is 11.1. The Bertz CT molecular complexity index is 741. The van der Waals surface area contributed by atoms with Crippen molar-refractivity contribution in [3.8, 4) is 5.75 Å². The summed E-state index contributed by atoms with van der Waals surface area (Å²) in [7, 11) is 0. The lowest BCUT2D eigenvalue weighted by atomic mass is 10.2. The molecule has 0 fully saturated rings. The van der Waals surface area contributed by atoms with E-state index in [-0.39, 0.29) is 11.4 Å². The van der Waals surface area contributed by atoms with Crippen molar-refractivity contribution >= 4 is 23.4 Å². The Morgan fingerprint density at radius 3 is 2.65 bits per heavy atom. The Kier molecular flexibility index (Phi) is 5.46. The largest absolute Gasteiger partial charge is 0.493 e. The number of benzene rings is 2. The number of anilines is 1. The number of hydrogen-bond acceptors (Lipinski definition) is 4. The van der Waals surface area contributed by atoms with E-state index in [9.17, 15) is 14.9 Å². The van der Waals surface area contributed by atoms with E-state index in [4.69, 9.17) is 4.74 Å². The minimum absolute atomic E-state index is 0.149. The number of para-hydroxylation sites is 3. The van der Waals surface area contributed by atoms with Gasteiger partial charge in [0.05, 0.1) is 11.5 Å². The molecule has 0 atom stereocenters. The molecule has 0 saturated heterocycles. The number of amides is 1. The number of nitrogens with one attached hydrogen (secondary N) is 1. The molecule has 118 valence electrons. The molecule has 0 saturated carbocycles. The van der Waals surface area contributed by atoms with Crippen molar-refractivity contribution in [2.75, 3.05) is 11.9 Å². The molecule has 0 radical (unpaired) electrons. The van der Waals surface area contributed by atoms with Gasteiger partial charge in [0.2, 0.25) is 5.91 Å². The smallest absolute Gasteiger partial charge is 0.292 e. The topological polar surface area (TPSA) is 81.5 Å². The van der Waals surface area contributed by atoms with E-state index in [0.717, 1.165) is 5.56 Å². The van der Waals surface area contributed by atoms with Crippen LogP contribution in [0.1, 0.15) is 12.5 Å². The minimum Gasteiger partial charge on any atom is -0.493 e. The fraction of sp³-hybridized carbons (Fsp3) is 0.118. The van der Waals surface area contributed by atoms with Gasteiger partial charge in [-0.15, -0.1) is 0 Å². The third-order valence-corrected chi connectivity index (χ3v) is 2.99. The summed E-state index contributed by atoms with van der Waals surface area (Å²) in [4.78, 5) is 22.3. The lowest BCUT2D eigenvalue weighted by Crippen LogP contribution is -2.09. The quantitative estimate of drug-likeness (QED) is 0.501. The molecule has 1 N–H and O–H groups in total. The van der Waals surface area contributed by atoms with Gasteiger partial charge in [0, 0.05) is 17.7 Å². The van der Waals surface area contributed by atoms with Crippen molar-refractivity contribution < 1.29 is 14.5 Å². The first kappa shape index (κ1) is 16.2. The molecule has 2 aromatic rings. The van der Waals surface area contributed by atoms with Crippen molar-refractivity contribution in [2.24, 2.45) is 0 Å². The predicted molar refractivity (Wildman–Crippen MR) is 88.4 cm³/mol. The van der Waals surface area contributed by atoms with Gasteiger partial charge >= 0.3 is 0 Å². The summed E-state index contributed by atoms with van der Waals surface area (Å²) in [5.74, 6) is 0.218. The summed E-state index contributed by atoms with van der Waals surface area (Å²) in [6.07, 6.45) is 2.92. The van der Waals surface area contributed by atoms with Crippen molar-refractivity contribution in [2.45, 2.75) is 6.92 Å². The predicted octanol–water partition coefficient (Wildman–Crippen LogP) is 3.65. The van der Waals surface area contributed by atoms with Gasteiger partial charge in [-0.25, -0.2) is 0 Å².